The van der Waals surface area contributed by atoms with Gasteiger partial charge in [-0.25, -0.2) is 5.43 Å². The normalized spacial score (nSPS) is 10.8. The van der Waals surface area contributed by atoms with E-state index < -0.39 is 4.92 Å². The second-order valence-corrected chi connectivity index (χ2v) is 5.34. The van der Waals surface area contributed by atoms with Crippen molar-refractivity contribution in [3.05, 3.63) is 81.9 Å². The molecule has 2 aromatic heterocycles. The van der Waals surface area contributed by atoms with Gasteiger partial charge < -0.3 is 4.42 Å². The molecular weight excluding hydrogens is 336 g/mol. The van der Waals surface area contributed by atoms with Crippen molar-refractivity contribution < 1.29 is 14.1 Å². The first-order chi connectivity index (χ1) is 12.6. The molecule has 3 rings (SSSR count). The zero-order chi connectivity index (χ0) is 18.5. The number of hydrogen-bond donors (Lipinski definition) is 1. The SMILES string of the molecule is Cc1c(-c2ccc(/C=N/NC(=O)c3ccncc3)o2)cccc1[N+](=O)[O-]. The second-order valence-electron chi connectivity index (χ2n) is 5.34. The molecule has 0 saturated heterocycles. The van der Waals surface area contributed by atoms with Gasteiger partial charge in [0.2, 0.25) is 0 Å². The maximum atomic E-state index is 11.9. The van der Waals surface area contributed by atoms with Crippen LogP contribution in [0, 0.1) is 17.0 Å². The van der Waals surface area contributed by atoms with E-state index in [9.17, 15) is 14.9 Å². The van der Waals surface area contributed by atoms with E-state index >= 15 is 0 Å². The highest BCUT2D eigenvalue weighted by Gasteiger charge is 2.16. The molecule has 0 radical (unpaired) electrons. The fourth-order valence-electron chi connectivity index (χ4n) is 2.38. The number of amides is 1. The molecule has 8 heteroatoms. The summed E-state index contributed by atoms with van der Waals surface area (Å²) in [4.78, 5) is 26.3. The van der Waals surface area contributed by atoms with E-state index in [1.54, 1.807) is 43.3 Å². The first-order valence-electron chi connectivity index (χ1n) is 7.64. The summed E-state index contributed by atoms with van der Waals surface area (Å²) < 4.78 is 5.64. The maximum Gasteiger partial charge on any atom is 0.273 e. The van der Waals surface area contributed by atoms with Gasteiger partial charge in [0.15, 0.2) is 0 Å². The molecule has 1 amide bonds. The van der Waals surface area contributed by atoms with Crippen molar-refractivity contribution in [2.24, 2.45) is 5.10 Å². The van der Waals surface area contributed by atoms with E-state index in [4.69, 9.17) is 4.42 Å². The molecule has 0 atom stereocenters. The Hall–Kier alpha value is -3.81. The number of carbonyl (C=O) groups is 1. The lowest BCUT2D eigenvalue weighted by molar-refractivity contribution is -0.385. The van der Waals surface area contributed by atoms with Crippen LogP contribution in [-0.4, -0.2) is 22.0 Å². The fourth-order valence-corrected chi connectivity index (χ4v) is 2.38. The quantitative estimate of drug-likeness (QED) is 0.431. The van der Waals surface area contributed by atoms with E-state index in [1.165, 1.54) is 24.7 Å². The van der Waals surface area contributed by atoms with Gasteiger partial charge in [0, 0.05) is 35.2 Å². The minimum absolute atomic E-state index is 0.0266. The van der Waals surface area contributed by atoms with Crippen LogP contribution in [0.2, 0.25) is 0 Å². The molecule has 2 heterocycles. The van der Waals surface area contributed by atoms with Crippen molar-refractivity contribution in [3.8, 4) is 11.3 Å². The summed E-state index contributed by atoms with van der Waals surface area (Å²) in [6, 6.07) is 11.3. The van der Waals surface area contributed by atoms with E-state index in [1.807, 2.05) is 0 Å². The lowest BCUT2D eigenvalue weighted by Gasteiger charge is -2.03. The van der Waals surface area contributed by atoms with E-state index in [2.05, 4.69) is 15.5 Å². The smallest absolute Gasteiger partial charge is 0.273 e. The molecule has 0 aliphatic rings. The van der Waals surface area contributed by atoms with Crippen LogP contribution in [0.3, 0.4) is 0 Å². The standard InChI is InChI=1S/C18H14N4O4/c1-12-15(3-2-4-16(12)22(24)25)17-6-5-14(26-17)11-20-21-18(23)13-7-9-19-10-8-13/h2-11H,1H3,(H,21,23)/b20-11+. The Labute approximate surface area is 148 Å². The van der Waals surface area contributed by atoms with Crippen LogP contribution in [0.1, 0.15) is 21.7 Å². The summed E-state index contributed by atoms with van der Waals surface area (Å²) >= 11 is 0. The Morgan fingerprint density at radius 2 is 2.00 bits per heavy atom. The highest BCUT2D eigenvalue weighted by atomic mass is 16.6. The number of nitro groups is 1. The lowest BCUT2D eigenvalue weighted by atomic mass is 10.1. The van der Waals surface area contributed by atoms with Crippen LogP contribution >= 0.6 is 0 Å². The van der Waals surface area contributed by atoms with Gasteiger partial charge in [0.25, 0.3) is 11.6 Å². The highest BCUT2D eigenvalue weighted by Crippen LogP contribution is 2.30. The van der Waals surface area contributed by atoms with Gasteiger partial charge in [-0.2, -0.15) is 5.10 Å². The van der Waals surface area contributed by atoms with Crippen molar-refractivity contribution in [2.45, 2.75) is 6.92 Å². The first-order valence-corrected chi connectivity index (χ1v) is 7.64. The molecule has 8 nitrogen and oxygen atoms in total. The number of benzene rings is 1. The average molecular weight is 350 g/mol. The van der Waals surface area contributed by atoms with Crippen LogP contribution in [0.15, 0.2) is 64.4 Å². The number of pyridine rings is 1. The Kier molecular flexibility index (Phi) is 4.84. The Morgan fingerprint density at radius 3 is 2.73 bits per heavy atom. The molecular formula is C18H14N4O4. The number of nitro benzene ring substituents is 1. The molecule has 0 spiro atoms. The molecule has 0 unspecified atom stereocenters. The summed E-state index contributed by atoms with van der Waals surface area (Å²) in [7, 11) is 0. The Morgan fingerprint density at radius 1 is 1.23 bits per heavy atom. The summed E-state index contributed by atoms with van der Waals surface area (Å²) in [6.07, 6.45) is 4.38. The first kappa shape index (κ1) is 17.0. The van der Waals surface area contributed by atoms with Gasteiger partial charge in [-0.1, -0.05) is 12.1 Å². The molecule has 0 bridgehead atoms. The van der Waals surface area contributed by atoms with Crippen molar-refractivity contribution in [1.82, 2.24) is 10.4 Å². The summed E-state index contributed by atoms with van der Waals surface area (Å²) in [5.74, 6) is 0.513. The minimum Gasteiger partial charge on any atom is -0.455 e. The van der Waals surface area contributed by atoms with Gasteiger partial charge in [-0.05, 0) is 31.2 Å². The van der Waals surface area contributed by atoms with Crippen LogP contribution < -0.4 is 5.43 Å². The number of furan rings is 1. The fraction of sp³-hybridized carbons (Fsp3) is 0.0556. The van der Waals surface area contributed by atoms with Crippen molar-refractivity contribution in [2.75, 3.05) is 0 Å². The molecule has 26 heavy (non-hydrogen) atoms. The number of hydrogen-bond acceptors (Lipinski definition) is 6. The monoisotopic (exact) mass is 350 g/mol. The molecule has 1 N–H and O–H groups in total. The zero-order valence-corrected chi connectivity index (χ0v) is 13.7. The van der Waals surface area contributed by atoms with Crippen LogP contribution in [0.4, 0.5) is 5.69 Å². The predicted octanol–water partition coefficient (Wildman–Crippen LogP) is 3.32. The van der Waals surface area contributed by atoms with Gasteiger partial charge in [-0.15, -0.1) is 0 Å². The molecule has 3 aromatic rings. The largest absolute Gasteiger partial charge is 0.455 e. The number of nitrogens with zero attached hydrogens (tertiary/aromatic N) is 3. The Bertz CT molecular complexity index is 980. The van der Waals surface area contributed by atoms with Gasteiger partial charge >= 0.3 is 0 Å². The molecule has 0 fully saturated rings. The van der Waals surface area contributed by atoms with Crippen LogP contribution in [-0.2, 0) is 0 Å². The summed E-state index contributed by atoms with van der Waals surface area (Å²) in [6.45, 7) is 1.67. The number of hydrazone groups is 1. The molecule has 130 valence electrons. The van der Waals surface area contributed by atoms with Crippen molar-refractivity contribution >= 4 is 17.8 Å². The van der Waals surface area contributed by atoms with Gasteiger partial charge in [-0.3, -0.25) is 19.9 Å². The van der Waals surface area contributed by atoms with Crippen molar-refractivity contribution in [3.63, 3.8) is 0 Å². The van der Waals surface area contributed by atoms with E-state index in [-0.39, 0.29) is 11.6 Å². The number of aromatic nitrogens is 1. The van der Waals surface area contributed by atoms with Gasteiger partial charge in [0.05, 0.1) is 11.1 Å². The zero-order valence-electron chi connectivity index (χ0n) is 13.7. The molecule has 0 aliphatic carbocycles. The van der Waals surface area contributed by atoms with Crippen LogP contribution in [0.25, 0.3) is 11.3 Å². The van der Waals surface area contributed by atoms with Crippen molar-refractivity contribution in [1.29, 1.82) is 0 Å². The number of nitrogens with one attached hydrogen (secondary N) is 1. The van der Waals surface area contributed by atoms with E-state index in [0.717, 1.165) is 0 Å². The molecule has 1 aromatic carbocycles. The molecule has 0 saturated carbocycles. The summed E-state index contributed by atoms with van der Waals surface area (Å²) in [5, 5.41) is 14.9. The number of rotatable bonds is 5. The highest BCUT2D eigenvalue weighted by molar-refractivity contribution is 5.94. The summed E-state index contributed by atoms with van der Waals surface area (Å²) in [5.41, 5.74) is 3.99. The van der Waals surface area contributed by atoms with E-state index in [0.29, 0.717) is 28.2 Å². The third-order valence-corrected chi connectivity index (χ3v) is 3.69. The molecule has 0 aliphatic heterocycles. The van der Waals surface area contributed by atoms with Crippen LogP contribution in [0.5, 0.6) is 0 Å². The van der Waals surface area contributed by atoms with Gasteiger partial charge in [0.1, 0.15) is 11.5 Å². The lowest BCUT2D eigenvalue weighted by Crippen LogP contribution is -2.17. The predicted molar refractivity (Wildman–Crippen MR) is 94.8 cm³/mol. The average Bonchev–Trinajstić information content (AvgIpc) is 3.11. The number of carbonyl (C=O) groups excluding carboxylic acids is 1. The third-order valence-electron chi connectivity index (χ3n) is 3.69. The maximum absolute atomic E-state index is 11.9. The second kappa shape index (κ2) is 7.39. The topological polar surface area (TPSA) is 111 Å². The minimum atomic E-state index is -0.432. The third kappa shape index (κ3) is 3.64. The Balaban J connectivity index is 1.74.